The van der Waals surface area contributed by atoms with E-state index in [0.717, 1.165) is 10.0 Å². The third-order valence-electron chi connectivity index (χ3n) is 2.69. The van der Waals surface area contributed by atoms with Gasteiger partial charge in [-0.25, -0.2) is 0 Å². The normalized spacial score (nSPS) is 10.1. The van der Waals surface area contributed by atoms with E-state index in [0.29, 0.717) is 17.1 Å². The lowest BCUT2D eigenvalue weighted by Gasteiger charge is -2.10. The van der Waals surface area contributed by atoms with Crippen molar-refractivity contribution in [3.63, 3.8) is 0 Å². The average Bonchev–Trinajstić information content (AvgIpc) is 2.40. The van der Waals surface area contributed by atoms with Crippen molar-refractivity contribution >= 4 is 33.2 Å². The molecule has 0 heterocycles. The van der Waals surface area contributed by atoms with E-state index in [2.05, 4.69) is 21.2 Å². The Kier molecular flexibility index (Phi) is 4.63. The topological polar surface area (TPSA) is 64.3 Å². The maximum atomic E-state index is 11.8. The van der Waals surface area contributed by atoms with Crippen LogP contribution < -0.4 is 15.8 Å². The summed E-state index contributed by atoms with van der Waals surface area (Å²) >= 11 is 3.38. The highest BCUT2D eigenvalue weighted by Crippen LogP contribution is 2.22. The number of rotatable bonds is 4. The largest absolute Gasteiger partial charge is 0.483 e. The number of hydrogen-bond acceptors (Lipinski definition) is 3. The second-order valence-corrected chi connectivity index (χ2v) is 5.28. The minimum absolute atomic E-state index is 0.0349. The number of carbonyl (C=O) groups is 1. The molecule has 0 atom stereocenters. The van der Waals surface area contributed by atoms with Crippen molar-refractivity contribution in [3.8, 4) is 5.75 Å². The predicted molar refractivity (Wildman–Crippen MR) is 83.9 cm³/mol. The van der Waals surface area contributed by atoms with Gasteiger partial charge in [0.2, 0.25) is 0 Å². The highest BCUT2D eigenvalue weighted by Gasteiger charge is 2.05. The number of carbonyl (C=O) groups excluding carboxylic acids is 1. The van der Waals surface area contributed by atoms with Gasteiger partial charge in [-0.3, -0.25) is 4.79 Å². The maximum Gasteiger partial charge on any atom is 0.262 e. The van der Waals surface area contributed by atoms with Gasteiger partial charge in [0, 0.05) is 15.8 Å². The first-order chi connectivity index (χ1) is 9.54. The fraction of sp³-hybridized carbons (Fsp3) is 0.133. The summed E-state index contributed by atoms with van der Waals surface area (Å²) in [5, 5.41) is 2.74. The van der Waals surface area contributed by atoms with E-state index in [4.69, 9.17) is 10.5 Å². The lowest BCUT2D eigenvalue weighted by atomic mass is 10.2. The van der Waals surface area contributed by atoms with Crippen LogP contribution >= 0.6 is 15.9 Å². The van der Waals surface area contributed by atoms with Gasteiger partial charge < -0.3 is 15.8 Å². The van der Waals surface area contributed by atoms with Crippen molar-refractivity contribution in [3.05, 3.63) is 52.5 Å². The van der Waals surface area contributed by atoms with Gasteiger partial charge in [0.15, 0.2) is 6.61 Å². The van der Waals surface area contributed by atoms with Crippen LogP contribution in [0.25, 0.3) is 0 Å². The second kappa shape index (κ2) is 6.43. The maximum absolute atomic E-state index is 11.8. The lowest BCUT2D eigenvalue weighted by molar-refractivity contribution is -0.118. The van der Waals surface area contributed by atoms with Crippen molar-refractivity contribution in [2.24, 2.45) is 0 Å². The molecule has 0 saturated carbocycles. The van der Waals surface area contributed by atoms with E-state index in [1.807, 2.05) is 25.1 Å². The van der Waals surface area contributed by atoms with Crippen LogP contribution in [0.3, 0.4) is 0 Å². The van der Waals surface area contributed by atoms with Crippen LogP contribution in [0.15, 0.2) is 46.9 Å². The standard InChI is InChI=1S/C15H15BrN2O2/c1-10-8-11(16)2-7-14(10)20-9-15(19)18-13-5-3-12(17)4-6-13/h2-8H,9,17H2,1H3,(H,18,19). The Morgan fingerprint density at radius 1 is 1.25 bits per heavy atom. The molecule has 0 unspecified atom stereocenters. The van der Waals surface area contributed by atoms with Crippen molar-refractivity contribution < 1.29 is 9.53 Å². The van der Waals surface area contributed by atoms with Crippen LogP contribution in [-0.4, -0.2) is 12.5 Å². The van der Waals surface area contributed by atoms with Crippen LogP contribution in [0.1, 0.15) is 5.56 Å². The minimum atomic E-state index is -0.211. The van der Waals surface area contributed by atoms with Crippen LogP contribution in [0, 0.1) is 6.92 Å². The van der Waals surface area contributed by atoms with Gasteiger partial charge in [0.05, 0.1) is 0 Å². The number of ether oxygens (including phenoxy) is 1. The summed E-state index contributed by atoms with van der Waals surface area (Å²) in [7, 11) is 0. The fourth-order valence-corrected chi connectivity index (χ4v) is 2.16. The van der Waals surface area contributed by atoms with Gasteiger partial charge in [-0.15, -0.1) is 0 Å². The van der Waals surface area contributed by atoms with Crippen LogP contribution in [-0.2, 0) is 4.79 Å². The summed E-state index contributed by atoms with van der Waals surface area (Å²) in [6.07, 6.45) is 0. The van der Waals surface area contributed by atoms with E-state index < -0.39 is 0 Å². The molecule has 0 fully saturated rings. The Bertz CT molecular complexity index is 612. The molecular weight excluding hydrogens is 320 g/mol. The molecule has 0 aliphatic carbocycles. The van der Waals surface area contributed by atoms with E-state index in [1.54, 1.807) is 24.3 Å². The summed E-state index contributed by atoms with van der Waals surface area (Å²) < 4.78 is 6.47. The smallest absolute Gasteiger partial charge is 0.262 e. The molecule has 0 saturated heterocycles. The number of amides is 1. The molecule has 3 N–H and O–H groups in total. The zero-order valence-electron chi connectivity index (χ0n) is 11.0. The van der Waals surface area contributed by atoms with Crippen LogP contribution in [0.5, 0.6) is 5.75 Å². The number of nitrogens with one attached hydrogen (secondary N) is 1. The summed E-state index contributed by atoms with van der Waals surface area (Å²) in [5.74, 6) is 0.484. The lowest BCUT2D eigenvalue weighted by Crippen LogP contribution is -2.20. The third-order valence-corrected chi connectivity index (χ3v) is 3.18. The molecule has 0 spiro atoms. The zero-order valence-corrected chi connectivity index (χ0v) is 12.6. The molecule has 2 rings (SSSR count). The van der Waals surface area contributed by atoms with E-state index in [1.165, 1.54) is 0 Å². The minimum Gasteiger partial charge on any atom is -0.483 e. The molecule has 0 aliphatic heterocycles. The number of anilines is 2. The van der Waals surface area contributed by atoms with E-state index >= 15 is 0 Å². The first kappa shape index (κ1) is 14.4. The SMILES string of the molecule is Cc1cc(Br)ccc1OCC(=O)Nc1ccc(N)cc1. The molecule has 1 amide bonds. The van der Waals surface area contributed by atoms with Gasteiger partial charge in [-0.1, -0.05) is 15.9 Å². The molecular formula is C15H15BrN2O2. The molecule has 0 aliphatic rings. The van der Waals surface area contributed by atoms with Crippen molar-refractivity contribution in [1.82, 2.24) is 0 Å². The summed E-state index contributed by atoms with van der Waals surface area (Å²) in [5.41, 5.74) is 7.90. The van der Waals surface area contributed by atoms with Crippen molar-refractivity contribution in [1.29, 1.82) is 0 Å². The fourth-order valence-electron chi connectivity index (χ4n) is 1.68. The van der Waals surface area contributed by atoms with Crippen LogP contribution in [0.4, 0.5) is 11.4 Å². The van der Waals surface area contributed by atoms with Gasteiger partial charge in [-0.05, 0) is 55.0 Å². The van der Waals surface area contributed by atoms with Gasteiger partial charge in [0.25, 0.3) is 5.91 Å². The predicted octanol–water partition coefficient (Wildman–Crippen LogP) is 3.36. The van der Waals surface area contributed by atoms with Crippen LogP contribution in [0.2, 0.25) is 0 Å². The Labute approximate surface area is 126 Å². The van der Waals surface area contributed by atoms with Crippen molar-refractivity contribution in [2.75, 3.05) is 17.7 Å². The molecule has 5 heteroatoms. The van der Waals surface area contributed by atoms with E-state index in [9.17, 15) is 4.79 Å². The van der Waals surface area contributed by atoms with Gasteiger partial charge in [0.1, 0.15) is 5.75 Å². The second-order valence-electron chi connectivity index (χ2n) is 4.37. The van der Waals surface area contributed by atoms with E-state index in [-0.39, 0.29) is 12.5 Å². The van der Waals surface area contributed by atoms with Gasteiger partial charge in [-0.2, -0.15) is 0 Å². The third kappa shape index (κ3) is 3.99. The Morgan fingerprint density at radius 2 is 1.95 bits per heavy atom. The first-order valence-electron chi connectivity index (χ1n) is 6.09. The highest BCUT2D eigenvalue weighted by atomic mass is 79.9. The summed E-state index contributed by atoms with van der Waals surface area (Å²) in [6.45, 7) is 1.89. The number of hydrogen-bond donors (Lipinski definition) is 2. The number of nitrogen functional groups attached to an aromatic ring is 1. The Balaban J connectivity index is 1.90. The number of aryl methyl sites for hydroxylation is 1. The quantitative estimate of drug-likeness (QED) is 0.842. The molecule has 104 valence electrons. The molecule has 2 aromatic rings. The number of benzene rings is 2. The zero-order chi connectivity index (χ0) is 14.5. The highest BCUT2D eigenvalue weighted by molar-refractivity contribution is 9.10. The van der Waals surface area contributed by atoms with Crippen molar-refractivity contribution in [2.45, 2.75) is 6.92 Å². The molecule has 0 radical (unpaired) electrons. The number of halogens is 1. The summed E-state index contributed by atoms with van der Waals surface area (Å²) in [6, 6.07) is 12.6. The molecule has 20 heavy (non-hydrogen) atoms. The average molecular weight is 335 g/mol. The Morgan fingerprint density at radius 3 is 2.60 bits per heavy atom. The molecule has 4 nitrogen and oxygen atoms in total. The summed E-state index contributed by atoms with van der Waals surface area (Å²) in [4.78, 5) is 11.8. The first-order valence-corrected chi connectivity index (χ1v) is 6.88. The monoisotopic (exact) mass is 334 g/mol. The molecule has 0 bridgehead atoms. The molecule has 0 aromatic heterocycles. The van der Waals surface area contributed by atoms with Gasteiger partial charge >= 0.3 is 0 Å². The molecule has 2 aromatic carbocycles. The number of nitrogens with two attached hydrogens (primary N) is 1. The Hall–Kier alpha value is -2.01.